The SMILES string of the molecule is Fc1ccc(-c2nc(N3CC[C@H](Nc4ncnc5[nH]ncc45)C3)no2)cc1. The Kier molecular flexibility index (Phi) is 3.66. The predicted molar refractivity (Wildman–Crippen MR) is 95.6 cm³/mol. The van der Waals surface area contributed by atoms with Crippen molar-refractivity contribution in [3.05, 3.63) is 42.6 Å². The molecule has 1 fully saturated rings. The Morgan fingerprint density at radius 2 is 2.11 bits per heavy atom. The average Bonchev–Trinajstić information content (AvgIpc) is 3.43. The molecule has 0 aliphatic carbocycles. The first kappa shape index (κ1) is 15.7. The van der Waals surface area contributed by atoms with Gasteiger partial charge in [-0.2, -0.15) is 10.1 Å². The number of hydrogen-bond donors (Lipinski definition) is 2. The third-order valence-corrected chi connectivity index (χ3v) is 4.57. The number of hydrogen-bond acceptors (Lipinski definition) is 8. The zero-order valence-electron chi connectivity index (χ0n) is 14.1. The van der Waals surface area contributed by atoms with Crippen LogP contribution in [0.5, 0.6) is 0 Å². The first-order valence-corrected chi connectivity index (χ1v) is 8.51. The highest BCUT2D eigenvalue weighted by Gasteiger charge is 2.27. The van der Waals surface area contributed by atoms with Gasteiger partial charge >= 0.3 is 0 Å². The van der Waals surface area contributed by atoms with Crippen LogP contribution in [0.1, 0.15) is 6.42 Å². The van der Waals surface area contributed by atoms with E-state index in [-0.39, 0.29) is 11.9 Å². The average molecular weight is 366 g/mol. The van der Waals surface area contributed by atoms with Crippen LogP contribution in [0.2, 0.25) is 0 Å². The third-order valence-electron chi connectivity index (χ3n) is 4.57. The minimum atomic E-state index is -0.302. The molecular formula is C17H15FN8O. The van der Waals surface area contributed by atoms with Crippen molar-refractivity contribution in [1.29, 1.82) is 0 Å². The normalized spacial score (nSPS) is 16.9. The van der Waals surface area contributed by atoms with E-state index >= 15 is 0 Å². The zero-order valence-corrected chi connectivity index (χ0v) is 14.1. The highest BCUT2D eigenvalue weighted by Crippen LogP contribution is 2.25. The second kappa shape index (κ2) is 6.31. The molecule has 0 radical (unpaired) electrons. The number of aromatic nitrogens is 6. The van der Waals surface area contributed by atoms with E-state index in [1.807, 2.05) is 4.90 Å². The van der Waals surface area contributed by atoms with Gasteiger partial charge in [0.25, 0.3) is 11.8 Å². The number of nitrogens with zero attached hydrogens (tertiary/aromatic N) is 6. The number of rotatable bonds is 4. The lowest BCUT2D eigenvalue weighted by Gasteiger charge is -2.15. The number of nitrogens with one attached hydrogen (secondary N) is 2. The van der Waals surface area contributed by atoms with Gasteiger partial charge in [-0.1, -0.05) is 0 Å². The second-order valence-electron chi connectivity index (χ2n) is 6.34. The quantitative estimate of drug-likeness (QED) is 0.566. The van der Waals surface area contributed by atoms with Gasteiger partial charge in [0.15, 0.2) is 5.65 Å². The minimum Gasteiger partial charge on any atom is -0.365 e. The van der Waals surface area contributed by atoms with Crippen molar-refractivity contribution in [3.8, 4) is 11.5 Å². The number of H-pyrrole nitrogens is 1. The molecule has 5 rings (SSSR count). The van der Waals surface area contributed by atoms with E-state index < -0.39 is 0 Å². The summed E-state index contributed by atoms with van der Waals surface area (Å²) >= 11 is 0. The first-order valence-electron chi connectivity index (χ1n) is 8.51. The lowest BCUT2D eigenvalue weighted by molar-refractivity contribution is 0.430. The monoisotopic (exact) mass is 366 g/mol. The van der Waals surface area contributed by atoms with Gasteiger partial charge in [-0.05, 0) is 35.8 Å². The molecule has 1 aliphatic rings. The molecule has 1 atom stereocenters. The number of benzene rings is 1. The maximum Gasteiger partial charge on any atom is 0.266 e. The summed E-state index contributed by atoms with van der Waals surface area (Å²) in [6.07, 6.45) is 4.12. The summed E-state index contributed by atoms with van der Waals surface area (Å²) in [6, 6.07) is 6.16. The van der Waals surface area contributed by atoms with Crippen molar-refractivity contribution in [2.24, 2.45) is 0 Å². The maximum absolute atomic E-state index is 13.1. The minimum absolute atomic E-state index is 0.186. The van der Waals surface area contributed by atoms with Gasteiger partial charge in [0.05, 0.1) is 11.6 Å². The summed E-state index contributed by atoms with van der Waals surface area (Å²) in [4.78, 5) is 14.9. The van der Waals surface area contributed by atoms with Crippen LogP contribution in [-0.4, -0.2) is 49.4 Å². The number of aromatic amines is 1. The molecule has 4 heterocycles. The molecule has 1 saturated heterocycles. The number of fused-ring (bicyclic) bond motifs is 1. The standard InChI is InChI=1S/C17H15FN8O/c18-11-3-1-10(2-4-11)16-23-17(25-27-16)26-6-5-12(8-26)22-14-13-7-21-24-15(13)20-9-19-14/h1-4,7,9,12H,5-6,8H2,(H2,19,20,21,22,24)/t12-/m0/s1. The third kappa shape index (κ3) is 2.94. The maximum atomic E-state index is 13.1. The molecule has 10 heteroatoms. The Hall–Kier alpha value is -3.56. The Morgan fingerprint density at radius 1 is 1.22 bits per heavy atom. The van der Waals surface area contributed by atoms with E-state index in [0.29, 0.717) is 29.6 Å². The van der Waals surface area contributed by atoms with Gasteiger partial charge in [-0.3, -0.25) is 5.10 Å². The molecule has 3 aromatic heterocycles. The molecule has 0 amide bonds. The molecule has 136 valence electrons. The van der Waals surface area contributed by atoms with Gasteiger partial charge in [-0.15, -0.1) is 0 Å². The van der Waals surface area contributed by atoms with Crippen LogP contribution in [0.4, 0.5) is 16.2 Å². The van der Waals surface area contributed by atoms with Crippen molar-refractivity contribution in [3.63, 3.8) is 0 Å². The first-order chi connectivity index (χ1) is 13.3. The largest absolute Gasteiger partial charge is 0.365 e. The highest BCUT2D eigenvalue weighted by atomic mass is 19.1. The fourth-order valence-electron chi connectivity index (χ4n) is 3.19. The van der Waals surface area contributed by atoms with Crippen molar-refractivity contribution in [2.45, 2.75) is 12.5 Å². The smallest absolute Gasteiger partial charge is 0.266 e. The summed E-state index contributed by atoms with van der Waals surface area (Å²) in [6.45, 7) is 1.51. The molecule has 27 heavy (non-hydrogen) atoms. The molecule has 0 bridgehead atoms. The molecule has 2 N–H and O–H groups in total. The second-order valence-corrected chi connectivity index (χ2v) is 6.34. The number of halogens is 1. The Labute approximate surface area is 152 Å². The summed E-state index contributed by atoms with van der Waals surface area (Å²) in [7, 11) is 0. The van der Waals surface area contributed by atoms with Crippen LogP contribution >= 0.6 is 0 Å². The fourth-order valence-corrected chi connectivity index (χ4v) is 3.19. The molecule has 9 nitrogen and oxygen atoms in total. The van der Waals surface area contributed by atoms with E-state index in [1.54, 1.807) is 18.3 Å². The Balaban J connectivity index is 1.30. The van der Waals surface area contributed by atoms with E-state index in [2.05, 4.69) is 35.6 Å². The van der Waals surface area contributed by atoms with Gasteiger partial charge < -0.3 is 14.7 Å². The highest BCUT2D eigenvalue weighted by molar-refractivity contribution is 5.85. The molecule has 0 spiro atoms. The lowest BCUT2D eigenvalue weighted by atomic mass is 10.2. The van der Waals surface area contributed by atoms with Crippen molar-refractivity contribution in [2.75, 3.05) is 23.3 Å². The zero-order chi connectivity index (χ0) is 18.2. The molecule has 1 aliphatic heterocycles. The number of anilines is 2. The molecule has 1 aromatic carbocycles. The van der Waals surface area contributed by atoms with Crippen LogP contribution in [0, 0.1) is 5.82 Å². The van der Waals surface area contributed by atoms with E-state index in [0.717, 1.165) is 24.2 Å². The molecular weight excluding hydrogens is 351 g/mol. The Morgan fingerprint density at radius 3 is 3.00 bits per heavy atom. The van der Waals surface area contributed by atoms with Crippen LogP contribution < -0.4 is 10.2 Å². The van der Waals surface area contributed by atoms with Crippen LogP contribution in [0.15, 0.2) is 41.3 Å². The summed E-state index contributed by atoms with van der Waals surface area (Å²) in [5, 5.41) is 15.2. The summed E-state index contributed by atoms with van der Waals surface area (Å²) < 4.78 is 18.4. The van der Waals surface area contributed by atoms with Gasteiger partial charge in [0.2, 0.25) is 0 Å². The predicted octanol–water partition coefficient (Wildman–Crippen LogP) is 2.23. The Bertz CT molecular complexity index is 1080. The van der Waals surface area contributed by atoms with E-state index in [4.69, 9.17) is 4.52 Å². The van der Waals surface area contributed by atoms with Crippen LogP contribution in [0.25, 0.3) is 22.5 Å². The fraction of sp³-hybridized carbons (Fsp3) is 0.235. The van der Waals surface area contributed by atoms with Gasteiger partial charge in [0.1, 0.15) is 18.0 Å². The van der Waals surface area contributed by atoms with Crippen molar-refractivity contribution in [1.82, 2.24) is 30.3 Å². The van der Waals surface area contributed by atoms with Crippen LogP contribution in [-0.2, 0) is 0 Å². The van der Waals surface area contributed by atoms with Crippen molar-refractivity contribution < 1.29 is 8.91 Å². The van der Waals surface area contributed by atoms with E-state index in [9.17, 15) is 4.39 Å². The van der Waals surface area contributed by atoms with Crippen molar-refractivity contribution >= 4 is 22.8 Å². The summed E-state index contributed by atoms with van der Waals surface area (Å²) in [5.41, 5.74) is 1.39. The van der Waals surface area contributed by atoms with Gasteiger partial charge in [-0.25, -0.2) is 14.4 Å². The molecule has 0 unspecified atom stereocenters. The van der Waals surface area contributed by atoms with Gasteiger partial charge in [0, 0.05) is 24.7 Å². The topological polar surface area (TPSA) is 109 Å². The molecule has 4 aromatic rings. The molecule has 0 saturated carbocycles. The lowest BCUT2D eigenvalue weighted by Crippen LogP contribution is -2.27. The van der Waals surface area contributed by atoms with Crippen LogP contribution in [0.3, 0.4) is 0 Å². The van der Waals surface area contributed by atoms with E-state index in [1.165, 1.54) is 18.5 Å². The summed E-state index contributed by atoms with van der Waals surface area (Å²) in [5.74, 6) is 1.34.